The zero-order valence-corrected chi connectivity index (χ0v) is 21.1. The molecule has 4 atom stereocenters. The Kier molecular flexibility index (Phi) is 7.53. The van der Waals surface area contributed by atoms with Crippen molar-refractivity contribution >= 4 is 23.0 Å². The van der Waals surface area contributed by atoms with E-state index in [4.69, 9.17) is 18.6 Å². The van der Waals surface area contributed by atoms with Gasteiger partial charge in [0.25, 0.3) is 0 Å². The highest BCUT2D eigenvalue weighted by molar-refractivity contribution is 5.89. The lowest BCUT2D eigenvalue weighted by Gasteiger charge is -2.17. The van der Waals surface area contributed by atoms with Crippen molar-refractivity contribution in [2.24, 2.45) is 0 Å². The second-order valence-electron chi connectivity index (χ2n) is 9.16. The summed E-state index contributed by atoms with van der Waals surface area (Å²) >= 11 is 0. The van der Waals surface area contributed by atoms with Gasteiger partial charge in [-0.3, -0.25) is 4.79 Å². The second kappa shape index (κ2) is 11.2. The molecule has 0 saturated carbocycles. The van der Waals surface area contributed by atoms with Gasteiger partial charge in [0.15, 0.2) is 16.9 Å². The van der Waals surface area contributed by atoms with Crippen LogP contribution in [0.25, 0.3) is 28.4 Å². The number of esters is 1. The monoisotopic (exact) mass is 564 g/mol. The second-order valence-corrected chi connectivity index (χ2v) is 9.16. The molecule has 1 aliphatic heterocycles. The molecule has 0 bridgehead atoms. The maximum absolute atomic E-state index is 12.5. The first-order chi connectivity index (χ1) is 19.6. The van der Waals surface area contributed by atoms with Crippen LogP contribution in [0.1, 0.15) is 5.56 Å². The average Bonchev–Trinajstić information content (AvgIpc) is 3.22. The summed E-state index contributed by atoms with van der Waals surface area (Å²) in [6.45, 7) is -0.348. The van der Waals surface area contributed by atoms with Gasteiger partial charge in [0.1, 0.15) is 53.1 Å². The van der Waals surface area contributed by atoms with Crippen molar-refractivity contribution in [3.8, 4) is 40.1 Å². The normalized spacial score (nSPS) is 20.4. The van der Waals surface area contributed by atoms with Crippen LogP contribution in [0.15, 0.2) is 76.0 Å². The summed E-state index contributed by atoms with van der Waals surface area (Å²) < 4.78 is 21.9. The highest BCUT2D eigenvalue weighted by Gasteiger charge is 2.44. The number of carbonyl (C=O) groups excluding carboxylic acids is 1. The van der Waals surface area contributed by atoms with Crippen LogP contribution in [0.3, 0.4) is 0 Å². The van der Waals surface area contributed by atoms with Crippen molar-refractivity contribution in [3.05, 3.63) is 82.5 Å². The summed E-state index contributed by atoms with van der Waals surface area (Å²) in [4.78, 5) is 24.5. The Balaban J connectivity index is 1.21. The molecule has 0 aliphatic carbocycles. The molecule has 0 radical (unpaired) electrons. The van der Waals surface area contributed by atoms with Crippen molar-refractivity contribution in [2.45, 2.75) is 24.6 Å². The number of ether oxygens (including phenoxy) is 3. The molecule has 3 aromatic carbocycles. The number of fused-ring (bicyclic) bond motifs is 1. The fourth-order valence-electron chi connectivity index (χ4n) is 4.16. The number of rotatable bonds is 7. The molecule has 0 amide bonds. The lowest BCUT2D eigenvalue weighted by atomic mass is 10.1. The highest BCUT2D eigenvalue weighted by Crippen LogP contribution is 2.40. The van der Waals surface area contributed by atoms with E-state index in [9.17, 15) is 40.2 Å². The fraction of sp³-hybridized carbons (Fsp3) is 0.172. The third-order valence-electron chi connectivity index (χ3n) is 6.35. The van der Waals surface area contributed by atoms with Crippen LogP contribution in [0, 0.1) is 0 Å². The summed E-state index contributed by atoms with van der Waals surface area (Å²) in [5, 5.41) is 59.1. The zero-order valence-electron chi connectivity index (χ0n) is 21.1. The van der Waals surface area contributed by atoms with Gasteiger partial charge < -0.3 is 49.3 Å². The van der Waals surface area contributed by atoms with Gasteiger partial charge in [-0.05, 0) is 48.0 Å². The predicted octanol–water partition coefficient (Wildman–Crippen LogP) is 2.36. The SMILES string of the molecule is O=C(/C=C/c1ccc(O)cc1)OC[C@@H]1O[C@@H](Oc2ccc(-c3cc(=O)c4c(O)c(O)c(O)cc4o3)cc2)[C@H](O)[C@H]1O. The molecular formula is C29H24O12. The Hall–Kier alpha value is -5.04. The summed E-state index contributed by atoms with van der Waals surface area (Å²) in [6, 6.07) is 14.3. The Morgan fingerprint density at radius 1 is 0.902 bits per heavy atom. The van der Waals surface area contributed by atoms with Crippen molar-refractivity contribution in [1.29, 1.82) is 0 Å². The Labute approximate surface area is 231 Å². The summed E-state index contributed by atoms with van der Waals surface area (Å²) in [6.07, 6.45) is -2.51. The zero-order chi connectivity index (χ0) is 29.3. The number of aromatic hydroxyl groups is 4. The number of phenolic OH excluding ortho intramolecular Hbond substituents is 4. The van der Waals surface area contributed by atoms with E-state index in [1.54, 1.807) is 12.1 Å². The number of hydrogen-bond acceptors (Lipinski definition) is 12. The lowest BCUT2D eigenvalue weighted by molar-refractivity contribution is -0.149. The third-order valence-corrected chi connectivity index (χ3v) is 6.35. The minimum Gasteiger partial charge on any atom is -0.508 e. The molecule has 41 heavy (non-hydrogen) atoms. The van der Waals surface area contributed by atoms with E-state index in [2.05, 4.69) is 0 Å². The van der Waals surface area contributed by atoms with E-state index in [0.717, 1.165) is 12.1 Å². The molecule has 4 aromatic rings. The first kappa shape index (κ1) is 27.5. The van der Waals surface area contributed by atoms with Crippen LogP contribution < -0.4 is 10.2 Å². The Bertz CT molecular complexity index is 1660. The van der Waals surface area contributed by atoms with Crippen LogP contribution >= 0.6 is 0 Å². The van der Waals surface area contributed by atoms with Gasteiger partial charge in [-0.1, -0.05) is 12.1 Å². The first-order valence-corrected chi connectivity index (χ1v) is 12.2. The topological polar surface area (TPSA) is 196 Å². The van der Waals surface area contributed by atoms with Crippen LogP contribution in [0.2, 0.25) is 0 Å². The fourth-order valence-corrected chi connectivity index (χ4v) is 4.16. The van der Waals surface area contributed by atoms with Crippen LogP contribution in [0.5, 0.6) is 28.7 Å². The molecule has 6 N–H and O–H groups in total. The van der Waals surface area contributed by atoms with Crippen molar-refractivity contribution in [2.75, 3.05) is 6.61 Å². The quantitative estimate of drug-likeness (QED) is 0.109. The van der Waals surface area contributed by atoms with Crippen LogP contribution in [-0.2, 0) is 14.3 Å². The molecule has 5 rings (SSSR count). The van der Waals surface area contributed by atoms with Gasteiger partial charge in [0.2, 0.25) is 12.0 Å². The molecule has 12 heteroatoms. The maximum Gasteiger partial charge on any atom is 0.330 e. The third kappa shape index (κ3) is 5.79. The van der Waals surface area contributed by atoms with Gasteiger partial charge >= 0.3 is 5.97 Å². The van der Waals surface area contributed by atoms with Crippen molar-refractivity contribution in [1.82, 2.24) is 0 Å². The van der Waals surface area contributed by atoms with Crippen LogP contribution in [0.4, 0.5) is 0 Å². The highest BCUT2D eigenvalue weighted by atomic mass is 16.7. The first-order valence-electron chi connectivity index (χ1n) is 12.2. The van der Waals surface area contributed by atoms with E-state index in [0.29, 0.717) is 11.1 Å². The standard InChI is InChI=1S/C29H24O12/c30-16-6-1-14(2-7-16)3-10-23(33)38-13-22-26(35)28(37)29(41-22)39-17-8-4-15(5-9-17)20-11-18(31)24-21(40-20)12-19(32)25(34)27(24)36/h1-12,22,26,28-30,32,34-37H,13H2/b10-3+/t22-,26-,28+,29+/m0/s1. The molecule has 1 aliphatic rings. The maximum atomic E-state index is 12.5. The van der Waals surface area contributed by atoms with Gasteiger partial charge in [-0.15, -0.1) is 0 Å². The molecule has 12 nitrogen and oxygen atoms in total. The van der Waals surface area contributed by atoms with Gasteiger partial charge in [-0.2, -0.15) is 0 Å². The number of phenols is 4. The number of carbonyl (C=O) groups is 1. The smallest absolute Gasteiger partial charge is 0.330 e. The van der Waals surface area contributed by atoms with Gasteiger partial charge in [-0.25, -0.2) is 4.79 Å². The number of benzene rings is 3. The molecule has 0 unspecified atom stereocenters. The van der Waals surface area contributed by atoms with Crippen molar-refractivity contribution < 1.29 is 54.1 Å². The average molecular weight is 564 g/mol. The minimum atomic E-state index is -1.44. The van der Waals surface area contributed by atoms with Gasteiger partial charge in [0, 0.05) is 23.8 Å². The molecule has 1 saturated heterocycles. The number of hydrogen-bond donors (Lipinski definition) is 6. The molecule has 2 heterocycles. The van der Waals surface area contributed by atoms with Crippen LogP contribution in [-0.4, -0.2) is 67.8 Å². The van der Waals surface area contributed by atoms with E-state index in [-0.39, 0.29) is 34.8 Å². The Morgan fingerprint density at radius 3 is 2.32 bits per heavy atom. The number of aliphatic hydroxyl groups excluding tert-OH is 2. The Morgan fingerprint density at radius 2 is 1.61 bits per heavy atom. The molecular weight excluding hydrogens is 540 g/mol. The molecule has 1 aromatic heterocycles. The van der Waals surface area contributed by atoms with E-state index >= 15 is 0 Å². The predicted molar refractivity (Wildman–Crippen MR) is 142 cm³/mol. The molecule has 1 fully saturated rings. The van der Waals surface area contributed by atoms with E-state index < -0.39 is 53.2 Å². The number of aliphatic hydroxyl groups is 2. The van der Waals surface area contributed by atoms with E-state index in [1.807, 2.05) is 0 Å². The summed E-state index contributed by atoms with van der Waals surface area (Å²) in [5.74, 6) is -2.55. The van der Waals surface area contributed by atoms with Crippen molar-refractivity contribution in [3.63, 3.8) is 0 Å². The van der Waals surface area contributed by atoms with E-state index in [1.165, 1.54) is 48.6 Å². The molecule has 212 valence electrons. The largest absolute Gasteiger partial charge is 0.508 e. The minimum absolute atomic E-state index is 0.0907. The van der Waals surface area contributed by atoms with Gasteiger partial charge in [0.05, 0.1) is 0 Å². The summed E-state index contributed by atoms with van der Waals surface area (Å²) in [5.41, 5.74) is 0.308. The lowest BCUT2D eigenvalue weighted by Crippen LogP contribution is -2.36. The molecule has 0 spiro atoms. The summed E-state index contributed by atoms with van der Waals surface area (Å²) in [7, 11) is 0.